The molecule has 0 bridgehead atoms. The summed E-state index contributed by atoms with van der Waals surface area (Å²) in [5.74, 6) is 2.51. The minimum Gasteiger partial charge on any atom is -0.495 e. The van der Waals surface area contributed by atoms with E-state index in [1.54, 1.807) is 48.4 Å². The van der Waals surface area contributed by atoms with Crippen molar-refractivity contribution in [2.75, 3.05) is 30.3 Å². The number of sulfonamides is 1. The Labute approximate surface area is 203 Å². The Morgan fingerprint density at radius 1 is 1.15 bits per heavy atom. The first-order valence-corrected chi connectivity index (χ1v) is 13.2. The number of carbonyl (C=O) groups excluding carboxylic acids is 1. The number of carbonyl (C=O) groups is 1. The maximum absolute atomic E-state index is 13.3. The highest BCUT2D eigenvalue weighted by atomic mass is 35.5. The number of thioether (sulfide) groups is 1. The van der Waals surface area contributed by atoms with Crippen molar-refractivity contribution < 1.29 is 22.4 Å². The first-order valence-electron chi connectivity index (χ1n) is 10.2. The Bertz CT molecular complexity index is 1140. The molecule has 0 radical (unpaired) electrons. The van der Waals surface area contributed by atoms with Crippen molar-refractivity contribution >= 4 is 45.0 Å². The first-order chi connectivity index (χ1) is 15.9. The normalized spacial score (nSPS) is 11.2. The standard InChI is InChI=1S/C23H25ClN2O5S2/c1-30-22-11-10-18(15-21(22)24)26(33(28,29)20-8-3-2-4-9-20)16-23(27)25-12-6-14-32-17-19-7-5-13-31-19/h2-5,7-11,13,15H,6,12,14,16-17H2,1H3,(H,25,27). The second-order valence-corrected chi connectivity index (χ2v) is 10.4. The lowest BCUT2D eigenvalue weighted by Crippen LogP contribution is -2.41. The van der Waals surface area contributed by atoms with Gasteiger partial charge < -0.3 is 14.5 Å². The van der Waals surface area contributed by atoms with Crippen molar-refractivity contribution in [2.45, 2.75) is 17.1 Å². The minimum atomic E-state index is -3.99. The van der Waals surface area contributed by atoms with E-state index in [9.17, 15) is 13.2 Å². The number of nitrogens with zero attached hydrogens (tertiary/aromatic N) is 1. The second-order valence-electron chi connectivity index (χ2n) is 6.98. The van der Waals surface area contributed by atoms with Crippen LogP contribution in [0, 0.1) is 0 Å². The predicted octanol–water partition coefficient (Wildman–Crippen LogP) is 4.58. The van der Waals surface area contributed by atoms with Crippen LogP contribution in [0.3, 0.4) is 0 Å². The number of methoxy groups -OCH3 is 1. The van der Waals surface area contributed by atoms with Crippen molar-refractivity contribution in [3.63, 3.8) is 0 Å². The molecule has 1 amide bonds. The van der Waals surface area contributed by atoms with Gasteiger partial charge in [-0.25, -0.2) is 8.42 Å². The molecule has 0 fully saturated rings. The Balaban J connectivity index is 1.65. The number of hydrogen-bond donors (Lipinski definition) is 1. The lowest BCUT2D eigenvalue weighted by atomic mass is 10.3. The van der Waals surface area contributed by atoms with Gasteiger partial charge in [-0.15, -0.1) is 0 Å². The van der Waals surface area contributed by atoms with E-state index in [1.165, 1.54) is 25.3 Å². The van der Waals surface area contributed by atoms with Gasteiger partial charge >= 0.3 is 0 Å². The Morgan fingerprint density at radius 3 is 2.61 bits per heavy atom. The van der Waals surface area contributed by atoms with Crippen LogP contribution in [0.4, 0.5) is 5.69 Å². The molecule has 1 N–H and O–H groups in total. The molecule has 0 atom stereocenters. The molecule has 3 rings (SSSR count). The van der Waals surface area contributed by atoms with Crippen molar-refractivity contribution in [1.82, 2.24) is 5.32 Å². The van der Waals surface area contributed by atoms with Crippen LogP contribution < -0.4 is 14.4 Å². The zero-order valence-electron chi connectivity index (χ0n) is 18.1. The van der Waals surface area contributed by atoms with Crippen LogP contribution in [0.25, 0.3) is 0 Å². The van der Waals surface area contributed by atoms with Gasteiger partial charge in [0.2, 0.25) is 5.91 Å². The lowest BCUT2D eigenvalue weighted by Gasteiger charge is -2.24. The first kappa shape index (κ1) is 25.0. The van der Waals surface area contributed by atoms with Crippen molar-refractivity contribution in [3.8, 4) is 5.75 Å². The van der Waals surface area contributed by atoms with E-state index in [0.29, 0.717) is 12.3 Å². The highest BCUT2D eigenvalue weighted by molar-refractivity contribution is 7.98. The maximum atomic E-state index is 13.3. The molecular formula is C23H25ClN2O5S2. The number of halogens is 1. The SMILES string of the molecule is COc1ccc(N(CC(=O)NCCCSCc2ccco2)S(=O)(=O)c2ccccc2)cc1Cl. The number of benzene rings is 2. The molecule has 0 spiro atoms. The molecule has 1 aromatic heterocycles. The van der Waals surface area contributed by atoms with Crippen LogP contribution in [0.15, 0.2) is 76.2 Å². The van der Waals surface area contributed by atoms with Gasteiger partial charge in [-0.2, -0.15) is 11.8 Å². The summed E-state index contributed by atoms with van der Waals surface area (Å²) in [6.07, 6.45) is 2.39. The molecule has 3 aromatic rings. The number of nitrogens with one attached hydrogen (secondary N) is 1. The number of ether oxygens (including phenoxy) is 1. The molecule has 1 heterocycles. The fourth-order valence-electron chi connectivity index (χ4n) is 3.00. The van der Waals surface area contributed by atoms with Crippen LogP contribution in [-0.2, 0) is 20.6 Å². The maximum Gasteiger partial charge on any atom is 0.264 e. The van der Waals surface area contributed by atoms with Gasteiger partial charge in [0.25, 0.3) is 10.0 Å². The van der Waals surface area contributed by atoms with Crippen LogP contribution >= 0.6 is 23.4 Å². The largest absolute Gasteiger partial charge is 0.495 e. The van der Waals surface area contributed by atoms with Crippen molar-refractivity contribution in [3.05, 3.63) is 77.7 Å². The minimum absolute atomic E-state index is 0.0825. The van der Waals surface area contributed by atoms with E-state index in [1.807, 2.05) is 12.1 Å². The average molecular weight is 509 g/mol. The summed E-state index contributed by atoms with van der Waals surface area (Å²) < 4.78 is 38.1. The summed E-state index contributed by atoms with van der Waals surface area (Å²) in [4.78, 5) is 12.7. The molecule has 0 saturated heterocycles. The topological polar surface area (TPSA) is 88.8 Å². The van der Waals surface area contributed by atoms with Gasteiger partial charge in [0.15, 0.2) is 0 Å². The summed E-state index contributed by atoms with van der Waals surface area (Å²) in [5.41, 5.74) is 0.272. The van der Waals surface area contributed by atoms with Crippen molar-refractivity contribution in [2.24, 2.45) is 0 Å². The van der Waals surface area contributed by atoms with E-state index in [-0.39, 0.29) is 22.2 Å². The van der Waals surface area contributed by atoms with E-state index in [0.717, 1.165) is 28.0 Å². The van der Waals surface area contributed by atoms with E-state index < -0.39 is 15.9 Å². The Kier molecular flexibility index (Phi) is 9.11. The number of amides is 1. The highest BCUT2D eigenvalue weighted by Gasteiger charge is 2.27. The van der Waals surface area contributed by atoms with E-state index in [4.69, 9.17) is 20.8 Å². The molecule has 33 heavy (non-hydrogen) atoms. The fraction of sp³-hybridized carbons (Fsp3) is 0.261. The smallest absolute Gasteiger partial charge is 0.264 e. The van der Waals surface area contributed by atoms with Gasteiger partial charge in [-0.05, 0) is 54.6 Å². The molecule has 7 nitrogen and oxygen atoms in total. The zero-order chi connectivity index (χ0) is 23.7. The molecule has 0 aliphatic carbocycles. The van der Waals surface area contributed by atoms with E-state index >= 15 is 0 Å². The molecule has 176 valence electrons. The summed E-state index contributed by atoms with van der Waals surface area (Å²) in [6.45, 7) is 0.0615. The summed E-state index contributed by atoms with van der Waals surface area (Å²) in [5, 5.41) is 3.05. The molecule has 0 aliphatic rings. The number of rotatable bonds is 12. The summed E-state index contributed by atoms with van der Waals surface area (Å²) in [7, 11) is -2.52. The second kappa shape index (κ2) is 12.0. The summed E-state index contributed by atoms with van der Waals surface area (Å²) in [6, 6.07) is 16.3. The zero-order valence-corrected chi connectivity index (χ0v) is 20.5. The monoisotopic (exact) mass is 508 g/mol. The predicted molar refractivity (Wildman–Crippen MR) is 131 cm³/mol. The number of anilines is 1. The van der Waals surface area contributed by atoms with Crippen LogP contribution in [0.1, 0.15) is 12.2 Å². The number of furan rings is 1. The van der Waals surface area contributed by atoms with Crippen molar-refractivity contribution in [1.29, 1.82) is 0 Å². The summed E-state index contributed by atoms with van der Waals surface area (Å²) >= 11 is 7.92. The Morgan fingerprint density at radius 2 is 1.94 bits per heavy atom. The quantitative estimate of drug-likeness (QED) is 0.360. The van der Waals surface area contributed by atoms with Gasteiger partial charge in [-0.1, -0.05) is 29.8 Å². The third-order valence-electron chi connectivity index (χ3n) is 4.65. The lowest BCUT2D eigenvalue weighted by molar-refractivity contribution is -0.119. The third-order valence-corrected chi connectivity index (χ3v) is 7.80. The molecule has 10 heteroatoms. The molecule has 2 aromatic carbocycles. The third kappa shape index (κ3) is 6.93. The fourth-order valence-corrected chi connectivity index (χ4v) is 5.55. The molecule has 0 aliphatic heterocycles. The van der Waals surface area contributed by atoms with Gasteiger partial charge in [0.1, 0.15) is 18.1 Å². The number of hydrogen-bond acceptors (Lipinski definition) is 6. The molecule has 0 saturated carbocycles. The Hall–Kier alpha value is -2.62. The molecular weight excluding hydrogens is 484 g/mol. The van der Waals surface area contributed by atoms with E-state index in [2.05, 4.69) is 5.32 Å². The average Bonchev–Trinajstić information content (AvgIpc) is 3.34. The van der Waals surface area contributed by atoms with Gasteiger partial charge in [0.05, 0.1) is 34.7 Å². The van der Waals surface area contributed by atoms with Crippen LogP contribution in [0.2, 0.25) is 5.02 Å². The van der Waals surface area contributed by atoms with Gasteiger partial charge in [0, 0.05) is 6.54 Å². The van der Waals surface area contributed by atoms with Crippen LogP contribution in [-0.4, -0.2) is 40.3 Å². The van der Waals surface area contributed by atoms with Gasteiger partial charge in [-0.3, -0.25) is 9.10 Å². The van der Waals surface area contributed by atoms with Crippen LogP contribution in [0.5, 0.6) is 5.75 Å². The molecule has 0 unspecified atom stereocenters. The highest BCUT2D eigenvalue weighted by Crippen LogP contribution is 2.31.